The van der Waals surface area contributed by atoms with Gasteiger partial charge in [-0.05, 0) is 23.8 Å². The number of nitrogens with zero attached hydrogens (tertiary/aromatic N) is 1. The molecule has 0 radical (unpaired) electrons. The minimum atomic E-state index is 0.180. The van der Waals surface area contributed by atoms with Crippen molar-refractivity contribution >= 4 is 23.4 Å². The molecule has 0 aliphatic carbocycles. The summed E-state index contributed by atoms with van der Waals surface area (Å²) < 4.78 is 0. The number of rotatable bonds is 5. The fraction of sp³-hybridized carbons (Fsp3) is 0.500. The van der Waals surface area contributed by atoms with E-state index in [0.29, 0.717) is 5.02 Å². The molecule has 1 atom stereocenters. The Morgan fingerprint density at radius 3 is 3.07 bits per heavy atom. The highest BCUT2D eigenvalue weighted by atomic mass is 35.5. The summed E-state index contributed by atoms with van der Waals surface area (Å²) in [6, 6.07) is 2.11. The smallest absolute Gasteiger partial charge is 0.0621 e. The van der Waals surface area contributed by atoms with E-state index < -0.39 is 0 Å². The quantitative estimate of drug-likeness (QED) is 0.844. The number of halogens is 1. The Labute approximate surface area is 94.2 Å². The Kier molecular flexibility index (Phi) is 5.30. The van der Waals surface area contributed by atoms with Crippen molar-refractivity contribution in [3.63, 3.8) is 0 Å². The van der Waals surface area contributed by atoms with Crippen molar-refractivity contribution in [1.82, 2.24) is 4.98 Å². The second-order valence-electron chi connectivity index (χ2n) is 3.09. The number of aromatic nitrogens is 1. The first kappa shape index (κ1) is 11.8. The highest BCUT2D eigenvalue weighted by molar-refractivity contribution is 7.99. The molecule has 0 aliphatic heterocycles. The molecule has 0 saturated carbocycles. The number of pyridine rings is 1. The molecule has 2 nitrogen and oxygen atoms in total. The molecule has 0 bridgehead atoms. The van der Waals surface area contributed by atoms with Crippen LogP contribution in [0.15, 0.2) is 18.5 Å². The van der Waals surface area contributed by atoms with Crippen LogP contribution in [0.3, 0.4) is 0 Å². The highest BCUT2D eigenvalue weighted by Crippen LogP contribution is 2.15. The van der Waals surface area contributed by atoms with E-state index in [4.69, 9.17) is 17.3 Å². The maximum Gasteiger partial charge on any atom is 0.0621 e. The van der Waals surface area contributed by atoms with E-state index in [0.717, 1.165) is 23.5 Å². The molecule has 1 unspecified atom stereocenters. The van der Waals surface area contributed by atoms with E-state index in [9.17, 15) is 0 Å². The van der Waals surface area contributed by atoms with Crippen LogP contribution in [0.2, 0.25) is 5.02 Å². The van der Waals surface area contributed by atoms with Gasteiger partial charge < -0.3 is 5.73 Å². The maximum atomic E-state index is 5.98. The maximum absolute atomic E-state index is 5.98. The van der Waals surface area contributed by atoms with Gasteiger partial charge in [-0.2, -0.15) is 11.8 Å². The van der Waals surface area contributed by atoms with Crippen molar-refractivity contribution in [2.24, 2.45) is 5.73 Å². The average molecular weight is 231 g/mol. The summed E-state index contributed by atoms with van der Waals surface area (Å²) in [7, 11) is 0. The van der Waals surface area contributed by atoms with Gasteiger partial charge in [-0.3, -0.25) is 4.98 Å². The van der Waals surface area contributed by atoms with Crippen LogP contribution in [0, 0.1) is 0 Å². The molecule has 78 valence electrons. The Morgan fingerprint density at radius 2 is 2.43 bits per heavy atom. The van der Waals surface area contributed by atoms with Crippen LogP contribution < -0.4 is 5.73 Å². The second kappa shape index (κ2) is 6.27. The lowest BCUT2D eigenvalue weighted by Crippen LogP contribution is -2.25. The van der Waals surface area contributed by atoms with Gasteiger partial charge in [0.1, 0.15) is 0 Å². The Balaban J connectivity index is 2.47. The fourth-order valence-electron chi connectivity index (χ4n) is 1.18. The molecule has 1 aromatic rings. The summed E-state index contributed by atoms with van der Waals surface area (Å²) in [5, 5.41) is 0.712. The highest BCUT2D eigenvalue weighted by Gasteiger charge is 2.06. The first-order valence-corrected chi connectivity index (χ1v) is 6.19. The van der Waals surface area contributed by atoms with Crippen molar-refractivity contribution in [3.05, 3.63) is 29.0 Å². The lowest BCUT2D eigenvalue weighted by atomic mass is 10.1. The SMILES string of the molecule is CCSCC(N)Cc1ccncc1Cl. The molecule has 4 heteroatoms. The summed E-state index contributed by atoms with van der Waals surface area (Å²) in [5.74, 6) is 2.09. The van der Waals surface area contributed by atoms with Crippen molar-refractivity contribution in [2.45, 2.75) is 19.4 Å². The van der Waals surface area contributed by atoms with E-state index >= 15 is 0 Å². The largest absolute Gasteiger partial charge is 0.327 e. The molecular weight excluding hydrogens is 216 g/mol. The lowest BCUT2D eigenvalue weighted by molar-refractivity contribution is 0.748. The normalized spacial score (nSPS) is 12.8. The summed E-state index contributed by atoms with van der Waals surface area (Å²) in [5.41, 5.74) is 7.05. The minimum Gasteiger partial charge on any atom is -0.327 e. The van der Waals surface area contributed by atoms with Crippen LogP contribution in [0.25, 0.3) is 0 Å². The van der Waals surface area contributed by atoms with Crippen LogP contribution in [0.1, 0.15) is 12.5 Å². The number of nitrogens with two attached hydrogens (primary N) is 1. The van der Waals surface area contributed by atoms with E-state index in [1.807, 2.05) is 17.8 Å². The van der Waals surface area contributed by atoms with Crippen molar-refractivity contribution < 1.29 is 0 Å². The molecule has 0 saturated heterocycles. The van der Waals surface area contributed by atoms with Gasteiger partial charge >= 0.3 is 0 Å². The monoisotopic (exact) mass is 230 g/mol. The molecule has 0 amide bonds. The number of hydrogen-bond acceptors (Lipinski definition) is 3. The fourth-order valence-corrected chi connectivity index (χ4v) is 2.03. The number of hydrogen-bond donors (Lipinski definition) is 1. The van der Waals surface area contributed by atoms with E-state index in [-0.39, 0.29) is 6.04 Å². The van der Waals surface area contributed by atoms with Gasteiger partial charge in [-0.15, -0.1) is 0 Å². The van der Waals surface area contributed by atoms with Gasteiger partial charge in [0.2, 0.25) is 0 Å². The first-order valence-electron chi connectivity index (χ1n) is 4.65. The summed E-state index contributed by atoms with van der Waals surface area (Å²) >= 11 is 7.84. The molecule has 1 heterocycles. The van der Waals surface area contributed by atoms with Gasteiger partial charge in [-0.1, -0.05) is 18.5 Å². The molecule has 1 aromatic heterocycles. The zero-order valence-corrected chi connectivity index (χ0v) is 9.81. The topological polar surface area (TPSA) is 38.9 Å². The van der Waals surface area contributed by atoms with Crippen LogP contribution in [0.5, 0.6) is 0 Å². The molecule has 0 spiro atoms. The molecule has 0 aliphatic rings. The zero-order chi connectivity index (χ0) is 10.4. The van der Waals surface area contributed by atoms with E-state index in [1.165, 1.54) is 0 Å². The van der Waals surface area contributed by atoms with Crippen LogP contribution >= 0.6 is 23.4 Å². The molecular formula is C10H15ClN2S. The average Bonchev–Trinajstić information content (AvgIpc) is 2.18. The van der Waals surface area contributed by atoms with Crippen LogP contribution in [-0.4, -0.2) is 22.5 Å². The predicted molar refractivity (Wildman–Crippen MR) is 63.9 cm³/mol. The summed E-state index contributed by atoms with van der Waals surface area (Å²) in [4.78, 5) is 3.94. The summed E-state index contributed by atoms with van der Waals surface area (Å²) in [6.45, 7) is 2.14. The van der Waals surface area contributed by atoms with Crippen LogP contribution in [-0.2, 0) is 6.42 Å². The van der Waals surface area contributed by atoms with Gasteiger partial charge in [0.05, 0.1) is 5.02 Å². The first-order chi connectivity index (χ1) is 6.74. The Morgan fingerprint density at radius 1 is 1.64 bits per heavy atom. The van der Waals surface area contributed by atoms with Crippen molar-refractivity contribution in [1.29, 1.82) is 0 Å². The Hall–Kier alpha value is -0.250. The standard InChI is InChI=1S/C10H15ClN2S/c1-2-14-7-9(12)5-8-3-4-13-6-10(8)11/h3-4,6,9H,2,5,7,12H2,1H3. The third kappa shape index (κ3) is 3.86. The molecule has 0 fully saturated rings. The lowest BCUT2D eigenvalue weighted by Gasteiger charge is -2.11. The van der Waals surface area contributed by atoms with Gasteiger partial charge in [0.25, 0.3) is 0 Å². The van der Waals surface area contributed by atoms with E-state index in [2.05, 4.69) is 11.9 Å². The predicted octanol–water partition coefficient (Wildman–Crippen LogP) is 2.36. The zero-order valence-electron chi connectivity index (χ0n) is 8.24. The molecule has 14 heavy (non-hydrogen) atoms. The van der Waals surface area contributed by atoms with Crippen molar-refractivity contribution in [3.8, 4) is 0 Å². The van der Waals surface area contributed by atoms with E-state index in [1.54, 1.807) is 12.4 Å². The molecule has 1 rings (SSSR count). The van der Waals surface area contributed by atoms with Crippen molar-refractivity contribution in [2.75, 3.05) is 11.5 Å². The Bertz CT molecular complexity index is 281. The third-order valence-electron chi connectivity index (χ3n) is 1.87. The molecule has 2 N–H and O–H groups in total. The second-order valence-corrected chi connectivity index (χ2v) is 4.82. The third-order valence-corrected chi connectivity index (χ3v) is 3.29. The van der Waals surface area contributed by atoms with Gasteiger partial charge in [0, 0.05) is 24.2 Å². The van der Waals surface area contributed by atoms with Crippen LogP contribution in [0.4, 0.5) is 0 Å². The summed E-state index contributed by atoms with van der Waals surface area (Å²) in [6.07, 6.45) is 4.24. The van der Waals surface area contributed by atoms with Gasteiger partial charge in [0.15, 0.2) is 0 Å². The molecule has 0 aromatic carbocycles. The minimum absolute atomic E-state index is 0.180. The number of thioether (sulfide) groups is 1. The van der Waals surface area contributed by atoms with Gasteiger partial charge in [-0.25, -0.2) is 0 Å².